The molecule has 0 aromatic heterocycles. The van der Waals surface area contributed by atoms with Crippen LogP contribution in [0.4, 0.5) is 4.79 Å². The molecule has 6 nitrogen and oxygen atoms in total. The first kappa shape index (κ1) is 16.1. The Labute approximate surface area is 108 Å². The van der Waals surface area contributed by atoms with Crippen molar-refractivity contribution in [1.29, 1.82) is 0 Å². The normalized spacial score (nSPS) is 18.6. The fourth-order valence-electron chi connectivity index (χ4n) is 1.73. The molecule has 0 saturated carbocycles. The van der Waals surface area contributed by atoms with Crippen LogP contribution in [-0.4, -0.2) is 56.6 Å². The molecule has 3 N–H and O–H groups in total. The molecular formula is C10H21ClN4O2. The summed E-state index contributed by atoms with van der Waals surface area (Å²) >= 11 is 0. The van der Waals surface area contributed by atoms with Crippen molar-refractivity contribution >= 4 is 24.3 Å². The molecule has 100 valence electrons. The van der Waals surface area contributed by atoms with Gasteiger partial charge in [-0.05, 0) is 20.0 Å². The van der Waals surface area contributed by atoms with E-state index < -0.39 is 6.03 Å². The van der Waals surface area contributed by atoms with Gasteiger partial charge in [-0.2, -0.15) is 0 Å². The van der Waals surface area contributed by atoms with E-state index in [9.17, 15) is 9.59 Å². The number of carbonyl (C=O) groups excluding carboxylic acids is 2. The van der Waals surface area contributed by atoms with Crippen molar-refractivity contribution in [2.24, 2.45) is 0 Å². The molecule has 0 aromatic carbocycles. The lowest BCUT2D eigenvalue weighted by atomic mass is 10.2. The highest BCUT2D eigenvalue weighted by Crippen LogP contribution is 2.06. The summed E-state index contributed by atoms with van der Waals surface area (Å²) in [6.07, 6.45) is 1.47. The van der Waals surface area contributed by atoms with Crippen molar-refractivity contribution in [2.75, 3.05) is 33.7 Å². The largest absolute Gasteiger partial charge is 0.341 e. The van der Waals surface area contributed by atoms with Crippen LogP contribution in [0.5, 0.6) is 0 Å². The number of hydrogen-bond donors (Lipinski definition) is 3. The zero-order valence-corrected chi connectivity index (χ0v) is 11.1. The van der Waals surface area contributed by atoms with E-state index in [0.29, 0.717) is 19.0 Å². The van der Waals surface area contributed by atoms with E-state index in [0.717, 1.165) is 19.5 Å². The second kappa shape index (κ2) is 8.27. The van der Waals surface area contributed by atoms with Crippen LogP contribution in [-0.2, 0) is 4.79 Å². The van der Waals surface area contributed by atoms with Crippen LogP contribution in [0.3, 0.4) is 0 Å². The molecule has 7 heteroatoms. The number of halogens is 1. The minimum absolute atomic E-state index is 0. The van der Waals surface area contributed by atoms with Gasteiger partial charge in [0.25, 0.3) is 0 Å². The van der Waals surface area contributed by atoms with Crippen LogP contribution in [0.25, 0.3) is 0 Å². The molecule has 1 saturated heterocycles. The number of hydrogen-bond acceptors (Lipinski definition) is 4. The molecule has 0 radical (unpaired) electrons. The highest BCUT2D eigenvalue weighted by Gasteiger charge is 2.19. The fraction of sp³-hybridized carbons (Fsp3) is 0.800. The number of rotatable bonds is 4. The molecule has 1 heterocycles. The number of urea groups is 1. The van der Waals surface area contributed by atoms with Crippen molar-refractivity contribution in [3.8, 4) is 0 Å². The average molecular weight is 265 g/mol. The van der Waals surface area contributed by atoms with Crippen molar-refractivity contribution in [3.05, 3.63) is 0 Å². The topological polar surface area (TPSA) is 73.5 Å². The summed E-state index contributed by atoms with van der Waals surface area (Å²) in [6.45, 7) is 2.70. The van der Waals surface area contributed by atoms with Gasteiger partial charge in [-0.3, -0.25) is 10.1 Å². The Balaban J connectivity index is 0.00000256. The monoisotopic (exact) mass is 264 g/mol. The van der Waals surface area contributed by atoms with E-state index >= 15 is 0 Å². The highest BCUT2D eigenvalue weighted by molar-refractivity contribution is 5.94. The van der Waals surface area contributed by atoms with Crippen molar-refractivity contribution in [3.63, 3.8) is 0 Å². The van der Waals surface area contributed by atoms with Crippen molar-refractivity contribution in [1.82, 2.24) is 20.9 Å². The number of nitrogens with zero attached hydrogens (tertiary/aromatic N) is 1. The standard InChI is InChI=1S/C10H20N4O2.ClH/c1-11-10(16)13-9(15)4-6-14(2)8-3-5-12-7-8;/h8,12H,3-7H2,1-2H3,(H2,11,13,15,16);1H. The number of amides is 3. The van der Waals surface area contributed by atoms with Gasteiger partial charge in [-0.15, -0.1) is 12.4 Å². The molecule has 1 rings (SSSR count). The van der Waals surface area contributed by atoms with Crippen LogP contribution in [0, 0.1) is 0 Å². The molecule has 0 bridgehead atoms. The zero-order valence-electron chi connectivity index (χ0n) is 10.3. The number of likely N-dealkylation sites (N-methyl/N-ethyl adjacent to an activating group) is 1. The smallest absolute Gasteiger partial charge is 0.321 e. The average Bonchev–Trinajstić information content (AvgIpc) is 2.79. The molecule has 3 amide bonds. The predicted molar refractivity (Wildman–Crippen MR) is 68.4 cm³/mol. The van der Waals surface area contributed by atoms with Gasteiger partial charge in [0.05, 0.1) is 0 Å². The van der Waals surface area contributed by atoms with Gasteiger partial charge in [-0.25, -0.2) is 4.79 Å². The van der Waals surface area contributed by atoms with E-state index in [4.69, 9.17) is 0 Å². The minimum Gasteiger partial charge on any atom is -0.341 e. The van der Waals surface area contributed by atoms with Gasteiger partial charge < -0.3 is 15.5 Å². The Morgan fingerprint density at radius 1 is 1.47 bits per heavy atom. The summed E-state index contributed by atoms with van der Waals surface area (Å²) < 4.78 is 0. The van der Waals surface area contributed by atoms with Crippen molar-refractivity contribution in [2.45, 2.75) is 18.9 Å². The Morgan fingerprint density at radius 3 is 2.71 bits per heavy atom. The third kappa shape index (κ3) is 5.86. The van der Waals surface area contributed by atoms with Crippen molar-refractivity contribution < 1.29 is 9.59 Å². The van der Waals surface area contributed by atoms with Gasteiger partial charge in [0.2, 0.25) is 5.91 Å². The maximum absolute atomic E-state index is 11.3. The van der Waals surface area contributed by atoms with Crippen LogP contribution in [0.15, 0.2) is 0 Å². The molecule has 0 aromatic rings. The van der Waals surface area contributed by atoms with Crippen LogP contribution in [0.2, 0.25) is 0 Å². The van der Waals surface area contributed by atoms with Gasteiger partial charge >= 0.3 is 6.03 Å². The maximum Gasteiger partial charge on any atom is 0.321 e. The number of carbonyl (C=O) groups is 2. The van der Waals surface area contributed by atoms with Gasteiger partial charge in [-0.1, -0.05) is 0 Å². The second-order valence-electron chi connectivity index (χ2n) is 4.00. The van der Waals surface area contributed by atoms with Gasteiger partial charge in [0.1, 0.15) is 0 Å². The van der Waals surface area contributed by atoms with E-state index in [-0.39, 0.29) is 18.3 Å². The van der Waals surface area contributed by atoms with Gasteiger partial charge in [0, 0.05) is 32.6 Å². The molecule has 1 aliphatic rings. The Morgan fingerprint density at radius 2 is 2.18 bits per heavy atom. The lowest BCUT2D eigenvalue weighted by Crippen LogP contribution is -2.40. The van der Waals surface area contributed by atoms with E-state index in [1.165, 1.54) is 7.05 Å². The Bertz CT molecular complexity index is 257. The first-order chi connectivity index (χ1) is 7.63. The fourth-order valence-corrected chi connectivity index (χ4v) is 1.73. The third-order valence-corrected chi connectivity index (χ3v) is 2.83. The minimum atomic E-state index is -0.449. The SMILES string of the molecule is CNC(=O)NC(=O)CCN(C)C1CCNC1.Cl. The Kier molecular flexibility index (Phi) is 7.86. The highest BCUT2D eigenvalue weighted by atomic mass is 35.5. The first-order valence-corrected chi connectivity index (χ1v) is 5.56. The van der Waals surface area contributed by atoms with Crippen LogP contribution >= 0.6 is 12.4 Å². The summed E-state index contributed by atoms with van der Waals surface area (Å²) in [5.41, 5.74) is 0. The quantitative estimate of drug-likeness (QED) is 0.643. The molecule has 1 aliphatic heterocycles. The Hall–Kier alpha value is -0.850. The summed E-state index contributed by atoms with van der Waals surface area (Å²) in [4.78, 5) is 24.3. The maximum atomic E-state index is 11.3. The summed E-state index contributed by atoms with van der Waals surface area (Å²) in [6, 6.07) is 0.0583. The predicted octanol–water partition coefficient (Wildman–Crippen LogP) is -0.452. The molecule has 0 spiro atoms. The number of imide groups is 1. The molecule has 17 heavy (non-hydrogen) atoms. The summed E-state index contributed by atoms with van der Waals surface area (Å²) in [7, 11) is 3.49. The van der Waals surface area contributed by atoms with Crippen LogP contribution in [0.1, 0.15) is 12.8 Å². The third-order valence-electron chi connectivity index (χ3n) is 2.83. The summed E-state index contributed by atoms with van der Waals surface area (Å²) in [5.74, 6) is -0.239. The lowest BCUT2D eigenvalue weighted by molar-refractivity contribution is -0.120. The second-order valence-corrected chi connectivity index (χ2v) is 4.00. The van der Waals surface area contributed by atoms with Gasteiger partial charge in [0.15, 0.2) is 0 Å². The number of nitrogens with one attached hydrogen (secondary N) is 3. The first-order valence-electron chi connectivity index (χ1n) is 5.56. The summed E-state index contributed by atoms with van der Waals surface area (Å²) in [5, 5.41) is 7.86. The molecule has 1 atom stereocenters. The zero-order chi connectivity index (χ0) is 12.0. The molecule has 1 fully saturated rings. The van der Waals surface area contributed by atoms with E-state index in [2.05, 4.69) is 20.9 Å². The lowest BCUT2D eigenvalue weighted by Gasteiger charge is -2.22. The van der Waals surface area contributed by atoms with E-state index in [1.807, 2.05) is 7.05 Å². The molecule has 1 unspecified atom stereocenters. The van der Waals surface area contributed by atoms with Crippen LogP contribution < -0.4 is 16.0 Å². The molecular weight excluding hydrogens is 244 g/mol. The van der Waals surface area contributed by atoms with E-state index in [1.54, 1.807) is 0 Å². The molecule has 0 aliphatic carbocycles.